The van der Waals surface area contributed by atoms with Crippen molar-refractivity contribution in [2.45, 2.75) is 52.9 Å². The topological polar surface area (TPSA) is 50.3 Å². The normalized spacial score (nSPS) is 26.0. The van der Waals surface area contributed by atoms with Gasteiger partial charge in [-0.2, -0.15) is 0 Å². The fourth-order valence-corrected chi connectivity index (χ4v) is 5.64. The predicted octanol–water partition coefficient (Wildman–Crippen LogP) is 4.52. The predicted molar refractivity (Wildman–Crippen MR) is 111 cm³/mol. The largest absolute Gasteiger partial charge is 0.357 e. The zero-order valence-corrected chi connectivity index (χ0v) is 17.2. The van der Waals surface area contributed by atoms with Crippen molar-refractivity contribution >= 4 is 17.4 Å². The average Bonchev–Trinajstić information content (AvgIpc) is 2.64. The van der Waals surface area contributed by atoms with Crippen LogP contribution in [0.15, 0.2) is 47.2 Å². The van der Waals surface area contributed by atoms with E-state index in [1.807, 2.05) is 24.4 Å². The van der Waals surface area contributed by atoms with Crippen molar-refractivity contribution in [1.29, 1.82) is 0 Å². The summed E-state index contributed by atoms with van der Waals surface area (Å²) >= 11 is 0. The summed E-state index contributed by atoms with van der Waals surface area (Å²) in [7, 11) is 0. The molecule has 28 heavy (non-hydrogen) atoms. The highest BCUT2D eigenvalue weighted by molar-refractivity contribution is 6.08. The van der Waals surface area contributed by atoms with Gasteiger partial charge in [-0.05, 0) is 62.1 Å². The highest BCUT2D eigenvalue weighted by atomic mass is 16.2. The fraction of sp³-hybridized carbons (Fsp3) is 0.542. The lowest BCUT2D eigenvalue weighted by Gasteiger charge is -2.45. The number of allylic oxidation sites excluding steroid dienone is 4. The third-order valence-electron chi connectivity index (χ3n) is 6.93. The Balaban J connectivity index is 1.50. The standard InChI is InChI=1S/C24H30N2O2/c1-16-12-17(2)22(18(3)13-16)23-19(27)14-24(15-20(23)28)7-10-26(11-8-24)21-6-4-5-9-25-21/h4-6,9,12,18,23H,7-8,10-11,13-15H2,1-3H3. The van der Waals surface area contributed by atoms with Crippen LogP contribution in [0.2, 0.25) is 0 Å². The smallest absolute Gasteiger partial charge is 0.148 e. The van der Waals surface area contributed by atoms with E-state index >= 15 is 0 Å². The van der Waals surface area contributed by atoms with Gasteiger partial charge in [0.1, 0.15) is 17.4 Å². The number of carbonyl (C=O) groups excluding carboxylic acids is 2. The molecule has 0 amide bonds. The summed E-state index contributed by atoms with van der Waals surface area (Å²) in [4.78, 5) is 33.1. The number of nitrogens with zero attached hydrogens (tertiary/aromatic N) is 2. The molecule has 4 nitrogen and oxygen atoms in total. The first kappa shape index (κ1) is 19.1. The minimum atomic E-state index is -0.501. The molecule has 1 saturated heterocycles. The highest BCUT2D eigenvalue weighted by Crippen LogP contribution is 2.47. The van der Waals surface area contributed by atoms with Gasteiger partial charge in [0.15, 0.2) is 0 Å². The summed E-state index contributed by atoms with van der Waals surface area (Å²) in [5, 5.41) is 0. The van der Waals surface area contributed by atoms with E-state index in [0.29, 0.717) is 12.8 Å². The molecule has 4 rings (SSSR count). The molecule has 0 bridgehead atoms. The Morgan fingerprint density at radius 3 is 2.32 bits per heavy atom. The lowest BCUT2D eigenvalue weighted by molar-refractivity contribution is -0.139. The molecule has 1 aliphatic heterocycles. The van der Waals surface area contributed by atoms with Gasteiger partial charge in [-0.25, -0.2) is 4.98 Å². The van der Waals surface area contributed by atoms with Crippen LogP contribution in [0.1, 0.15) is 52.9 Å². The lowest BCUT2D eigenvalue weighted by atomic mass is 9.61. The van der Waals surface area contributed by atoms with Crippen LogP contribution >= 0.6 is 0 Å². The number of anilines is 1. The van der Waals surface area contributed by atoms with Crippen LogP contribution in [0.3, 0.4) is 0 Å². The number of ketones is 2. The van der Waals surface area contributed by atoms with Gasteiger partial charge in [0.2, 0.25) is 0 Å². The first-order valence-electron chi connectivity index (χ1n) is 10.5. The molecule has 3 aliphatic rings. The Kier molecular flexibility index (Phi) is 4.98. The quantitative estimate of drug-likeness (QED) is 0.710. The summed E-state index contributed by atoms with van der Waals surface area (Å²) in [5.41, 5.74) is 3.40. The van der Waals surface area contributed by atoms with Crippen LogP contribution in [0, 0.1) is 17.3 Å². The molecule has 0 aromatic carbocycles. The van der Waals surface area contributed by atoms with Crippen LogP contribution in [-0.2, 0) is 9.59 Å². The third kappa shape index (κ3) is 3.45. The molecule has 148 valence electrons. The number of aromatic nitrogens is 1. The van der Waals surface area contributed by atoms with Gasteiger partial charge in [0.05, 0.1) is 5.92 Å². The third-order valence-corrected chi connectivity index (χ3v) is 6.93. The van der Waals surface area contributed by atoms with Crippen LogP contribution in [-0.4, -0.2) is 29.6 Å². The van der Waals surface area contributed by atoms with Crippen molar-refractivity contribution in [2.24, 2.45) is 17.3 Å². The molecule has 4 heteroatoms. The minimum Gasteiger partial charge on any atom is -0.357 e. The van der Waals surface area contributed by atoms with E-state index in [4.69, 9.17) is 0 Å². The number of rotatable bonds is 2. The number of hydrogen-bond acceptors (Lipinski definition) is 4. The van der Waals surface area contributed by atoms with E-state index in [1.54, 1.807) is 0 Å². The fourth-order valence-electron chi connectivity index (χ4n) is 5.64. The van der Waals surface area contributed by atoms with Gasteiger partial charge in [0, 0.05) is 32.1 Å². The molecular weight excluding hydrogens is 348 g/mol. The van der Waals surface area contributed by atoms with Gasteiger partial charge < -0.3 is 4.90 Å². The van der Waals surface area contributed by atoms with Crippen LogP contribution in [0.5, 0.6) is 0 Å². The average molecular weight is 379 g/mol. The summed E-state index contributed by atoms with van der Waals surface area (Å²) in [6, 6.07) is 5.95. The number of pyridine rings is 1. The van der Waals surface area contributed by atoms with Gasteiger partial charge in [-0.3, -0.25) is 9.59 Å². The van der Waals surface area contributed by atoms with Crippen molar-refractivity contribution in [3.8, 4) is 0 Å². The SMILES string of the molecule is CC1=CC(C)=C(C2C(=O)CC3(CCN(c4ccccn4)CC3)CC2=O)C(C)C1. The Labute approximate surface area is 167 Å². The zero-order chi connectivity index (χ0) is 19.9. The van der Waals surface area contributed by atoms with Crippen molar-refractivity contribution in [1.82, 2.24) is 4.98 Å². The summed E-state index contributed by atoms with van der Waals surface area (Å²) in [6.45, 7) is 8.08. The Morgan fingerprint density at radius 2 is 1.75 bits per heavy atom. The maximum absolute atomic E-state index is 13.2. The molecule has 1 aromatic rings. The van der Waals surface area contributed by atoms with Gasteiger partial charge in [-0.1, -0.05) is 30.2 Å². The van der Waals surface area contributed by atoms with Crippen LogP contribution in [0.25, 0.3) is 0 Å². The summed E-state index contributed by atoms with van der Waals surface area (Å²) in [6.07, 6.45) is 7.80. The molecule has 1 aromatic heterocycles. The Morgan fingerprint density at radius 1 is 1.07 bits per heavy atom. The molecule has 1 unspecified atom stereocenters. The van der Waals surface area contributed by atoms with Crippen LogP contribution in [0.4, 0.5) is 5.82 Å². The van der Waals surface area contributed by atoms with E-state index in [0.717, 1.165) is 49.3 Å². The minimum absolute atomic E-state index is 0.145. The van der Waals surface area contributed by atoms with Crippen molar-refractivity contribution < 1.29 is 9.59 Å². The lowest BCUT2D eigenvalue weighted by Crippen LogP contribution is -2.48. The second kappa shape index (κ2) is 7.31. The number of hydrogen-bond donors (Lipinski definition) is 0. The van der Waals surface area contributed by atoms with E-state index in [1.165, 1.54) is 5.57 Å². The van der Waals surface area contributed by atoms with E-state index in [9.17, 15) is 9.59 Å². The maximum Gasteiger partial charge on any atom is 0.148 e. The second-order valence-electron chi connectivity index (χ2n) is 9.13. The van der Waals surface area contributed by atoms with Crippen molar-refractivity contribution in [2.75, 3.05) is 18.0 Å². The molecule has 1 spiro atoms. The molecule has 2 heterocycles. The molecule has 2 aliphatic carbocycles. The number of carbonyl (C=O) groups is 2. The second-order valence-corrected chi connectivity index (χ2v) is 9.13. The molecule has 1 atom stereocenters. The molecule has 0 radical (unpaired) electrons. The van der Waals surface area contributed by atoms with Gasteiger partial charge >= 0.3 is 0 Å². The first-order chi connectivity index (χ1) is 13.4. The molecule has 1 saturated carbocycles. The van der Waals surface area contributed by atoms with Gasteiger partial charge in [-0.15, -0.1) is 0 Å². The monoisotopic (exact) mass is 378 g/mol. The maximum atomic E-state index is 13.2. The number of Topliss-reactive ketones (excluding diaryl/α,β-unsaturated/α-hetero) is 2. The first-order valence-corrected chi connectivity index (χ1v) is 10.5. The Hall–Kier alpha value is -2.23. The number of piperidine rings is 1. The van der Waals surface area contributed by atoms with Crippen molar-refractivity contribution in [3.63, 3.8) is 0 Å². The molecule has 2 fully saturated rings. The molecular formula is C24H30N2O2. The van der Waals surface area contributed by atoms with E-state index < -0.39 is 5.92 Å². The van der Waals surface area contributed by atoms with Crippen molar-refractivity contribution in [3.05, 3.63) is 47.2 Å². The Bertz CT molecular complexity index is 825. The zero-order valence-electron chi connectivity index (χ0n) is 17.2. The molecule has 0 N–H and O–H groups in total. The van der Waals surface area contributed by atoms with E-state index in [2.05, 4.69) is 36.7 Å². The van der Waals surface area contributed by atoms with Crippen LogP contribution < -0.4 is 4.90 Å². The summed E-state index contributed by atoms with van der Waals surface area (Å²) < 4.78 is 0. The van der Waals surface area contributed by atoms with E-state index in [-0.39, 0.29) is 22.9 Å². The summed E-state index contributed by atoms with van der Waals surface area (Å²) in [5.74, 6) is 1.07. The van der Waals surface area contributed by atoms with Gasteiger partial charge in [0.25, 0.3) is 0 Å². The highest BCUT2D eigenvalue weighted by Gasteiger charge is 2.48.